The van der Waals surface area contributed by atoms with Gasteiger partial charge in [-0.3, -0.25) is 9.59 Å². The first-order chi connectivity index (χ1) is 19.9. The summed E-state index contributed by atoms with van der Waals surface area (Å²) < 4.78 is 72.3. The Morgan fingerprint density at radius 1 is 1.07 bits per heavy atom. The molecule has 2 atom stereocenters. The van der Waals surface area contributed by atoms with Crippen molar-refractivity contribution >= 4 is 17.5 Å². The molecule has 3 aromatic rings. The van der Waals surface area contributed by atoms with E-state index in [-0.39, 0.29) is 49.0 Å². The molecule has 3 aromatic heterocycles. The van der Waals surface area contributed by atoms with Gasteiger partial charge in [0.25, 0.3) is 5.91 Å². The van der Waals surface area contributed by atoms with Crippen molar-refractivity contribution in [3.8, 4) is 5.88 Å². The van der Waals surface area contributed by atoms with Gasteiger partial charge in [-0.1, -0.05) is 0 Å². The quantitative estimate of drug-likeness (QED) is 0.325. The van der Waals surface area contributed by atoms with E-state index in [4.69, 9.17) is 4.74 Å². The van der Waals surface area contributed by atoms with Gasteiger partial charge < -0.3 is 15.4 Å². The fraction of sp³-hybridized carbons (Fsp3) is 0.556. The average Bonchev–Trinajstić information content (AvgIpc) is 3.71. The summed E-state index contributed by atoms with van der Waals surface area (Å²) in [5.41, 5.74) is 1.56. The van der Waals surface area contributed by atoms with Crippen molar-refractivity contribution in [2.24, 2.45) is 11.8 Å². The summed E-state index contributed by atoms with van der Waals surface area (Å²) in [5, 5.41) is 17.5. The van der Waals surface area contributed by atoms with Gasteiger partial charge in [-0.05, 0) is 49.1 Å². The number of amides is 2. The number of hydrogen-bond acceptors (Lipinski definition) is 7. The molecule has 2 amide bonds. The molecule has 0 aliphatic heterocycles. The highest BCUT2D eigenvalue weighted by molar-refractivity contribution is 5.94. The summed E-state index contributed by atoms with van der Waals surface area (Å²) in [7, 11) is 1.39. The Morgan fingerprint density at radius 3 is 2.45 bits per heavy atom. The van der Waals surface area contributed by atoms with Crippen molar-refractivity contribution < 1.29 is 36.3 Å². The lowest BCUT2D eigenvalue weighted by atomic mass is 9.81. The van der Waals surface area contributed by atoms with Crippen LogP contribution in [-0.2, 0) is 4.79 Å². The van der Waals surface area contributed by atoms with Crippen LogP contribution in [0.4, 0.5) is 22.0 Å². The van der Waals surface area contributed by atoms with Crippen LogP contribution >= 0.6 is 0 Å². The Kier molecular flexibility index (Phi) is 8.28. The van der Waals surface area contributed by atoms with E-state index in [1.54, 1.807) is 12.3 Å². The first kappa shape index (κ1) is 29.6. The van der Waals surface area contributed by atoms with Crippen LogP contribution in [0.3, 0.4) is 0 Å². The standard InChI is InChI=1S/C27H30F5N7O3/c1-42-22-11-18(12-33-38-22)25(41)37-24(16-4-7-26(28,29)8-5-16)19-14-39-20(35-19)10-17(13-34-39)23(15-2-3-15)36-21(40)6-9-27(30,31)32/h10-16,23-24H,2-9H2,1H3,(H,36,40)(H,37,41)/t23-,24+/m1/s1. The minimum atomic E-state index is -4.43. The van der Waals surface area contributed by atoms with Crippen molar-refractivity contribution in [3.05, 3.63) is 47.5 Å². The van der Waals surface area contributed by atoms with Crippen LogP contribution in [0.2, 0.25) is 0 Å². The number of fused-ring (bicyclic) bond motifs is 1. The van der Waals surface area contributed by atoms with E-state index in [1.165, 1.54) is 30.1 Å². The number of carbonyl (C=O) groups is 2. The molecule has 15 heteroatoms. The molecule has 10 nitrogen and oxygen atoms in total. The van der Waals surface area contributed by atoms with E-state index in [9.17, 15) is 31.5 Å². The number of nitrogens with zero attached hydrogens (tertiary/aromatic N) is 5. The van der Waals surface area contributed by atoms with Crippen molar-refractivity contribution in [1.82, 2.24) is 35.4 Å². The van der Waals surface area contributed by atoms with Crippen molar-refractivity contribution in [2.75, 3.05) is 7.11 Å². The Hall–Kier alpha value is -3.91. The van der Waals surface area contributed by atoms with Gasteiger partial charge in [0.15, 0.2) is 5.65 Å². The van der Waals surface area contributed by atoms with E-state index in [2.05, 4.69) is 30.9 Å². The first-order valence-corrected chi connectivity index (χ1v) is 13.7. The molecule has 0 unspecified atom stereocenters. The maximum atomic E-state index is 14.0. The molecule has 0 saturated heterocycles. The van der Waals surface area contributed by atoms with Gasteiger partial charge in [0, 0.05) is 25.3 Å². The molecular formula is C27H30F5N7O3. The lowest BCUT2D eigenvalue weighted by Crippen LogP contribution is -2.37. The third-order valence-corrected chi connectivity index (χ3v) is 7.71. The highest BCUT2D eigenvalue weighted by Gasteiger charge is 2.40. The zero-order valence-corrected chi connectivity index (χ0v) is 22.7. The normalized spacial score (nSPS) is 18.8. The van der Waals surface area contributed by atoms with Gasteiger partial charge >= 0.3 is 6.18 Å². The van der Waals surface area contributed by atoms with E-state index in [1.807, 2.05) is 0 Å². The van der Waals surface area contributed by atoms with Crippen LogP contribution < -0.4 is 15.4 Å². The van der Waals surface area contributed by atoms with Gasteiger partial charge in [-0.2, -0.15) is 23.4 Å². The summed E-state index contributed by atoms with van der Waals surface area (Å²) >= 11 is 0. The zero-order valence-electron chi connectivity index (χ0n) is 22.7. The number of rotatable bonds is 10. The summed E-state index contributed by atoms with van der Waals surface area (Å²) in [4.78, 5) is 30.1. The molecule has 2 fully saturated rings. The molecule has 2 aliphatic rings. The molecule has 226 valence electrons. The third-order valence-electron chi connectivity index (χ3n) is 7.71. The number of halogens is 5. The van der Waals surface area contributed by atoms with E-state index in [0.717, 1.165) is 12.8 Å². The second-order valence-electron chi connectivity index (χ2n) is 10.9. The predicted molar refractivity (Wildman–Crippen MR) is 138 cm³/mol. The largest absolute Gasteiger partial charge is 0.480 e. The number of methoxy groups -OCH3 is 1. The van der Waals surface area contributed by atoms with Gasteiger partial charge in [0.1, 0.15) is 0 Å². The number of imidazole rings is 1. The average molecular weight is 596 g/mol. The lowest BCUT2D eigenvalue weighted by Gasteiger charge is -2.33. The summed E-state index contributed by atoms with van der Waals surface area (Å²) in [6, 6.07) is 1.86. The van der Waals surface area contributed by atoms with Crippen LogP contribution in [0, 0.1) is 11.8 Å². The van der Waals surface area contributed by atoms with Crippen LogP contribution in [0.25, 0.3) is 5.65 Å². The van der Waals surface area contributed by atoms with Crippen molar-refractivity contribution in [1.29, 1.82) is 0 Å². The van der Waals surface area contributed by atoms with E-state index < -0.39 is 48.8 Å². The summed E-state index contributed by atoms with van der Waals surface area (Å²) in [6.45, 7) is 0. The fourth-order valence-electron chi connectivity index (χ4n) is 5.26. The number of aromatic nitrogens is 5. The van der Waals surface area contributed by atoms with E-state index >= 15 is 0 Å². The number of ether oxygens (including phenoxy) is 1. The van der Waals surface area contributed by atoms with E-state index in [0.29, 0.717) is 16.9 Å². The number of nitrogens with one attached hydrogen (secondary N) is 2. The van der Waals surface area contributed by atoms with Crippen LogP contribution in [0.1, 0.15) is 85.1 Å². The molecule has 0 spiro atoms. The van der Waals surface area contributed by atoms with Gasteiger partial charge in [0.2, 0.25) is 17.7 Å². The molecule has 2 aliphatic carbocycles. The maximum Gasteiger partial charge on any atom is 0.389 e. The van der Waals surface area contributed by atoms with Crippen molar-refractivity contribution in [2.45, 2.75) is 75.5 Å². The predicted octanol–water partition coefficient (Wildman–Crippen LogP) is 4.73. The molecule has 2 saturated carbocycles. The third kappa shape index (κ3) is 7.29. The molecule has 5 rings (SSSR count). The Labute approximate surface area is 237 Å². The second kappa shape index (κ2) is 11.8. The molecule has 0 radical (unpaired) electrons. The molecule has 0 aromatic carbocycles. The van der Waals surface area contributed by atoms with Gasteiger partial charge in [-0.15, -0.1) is 5.10 Å². The highest BCUT2D eigenvalue weighted by atomic mass is 19.4. The molecule has 42 heavy (non-hydrogen) atoms. The Balaban J connectivity index is 1.40. The second-order valence-corrected chi connectivity index (χ2v) is 10.9. The summed E-state index contributed by atoms with van der Waals surface area (Å²) in [6.07, 6.45) is -0.604. The lowest BCUT2D eigenvalue weighted by molar-refractivity contribution is -0.144. The van der Waals surface area contributed by atoms with Gasteiger partial charge in [-0.25, -0.2) is 18.3 Å². The number of hydrogen-bond donors (Lipinski definition) is 2. The topological polar surface area (TPSA) is 123 Å². The van der Waals surface area contributed by atoms with Crippen LogP contribution in [-0.4, -0.2) is 55.8 Å². The molecule has 0 bridgehead atoms. The number of alkyl halides is 5. The smallest absolute Gasteiger partial charge is 0.389 e. The fourth-order valence-corrected chi connectivity index (χ4v) is 5.26. The molecule has 2 N–H and O–H groups in total. The van der Waals surface area contributed by atoms with Crippen LogP contribution in [0.15, 0.2) is 30.7 Å². The SMILES string of the molecule is COc1cc(C(=O)N[C@H](c2cn3ncc([C@H](NC(=O)CCC(F)(F)F)C4CC4)cc3n2)C2CCC(F)(F)CC2)cnn1. The maximum absolute atomic E-state index is 14.0. The zero-order chi connectivity index (χ0) is 30.1. The number of carbonyl (C=O) groups excluding carboxylic acids is 2. The van der Waals surface area contributed by atoms with Crippen LogP contribution in [0.5, 0.6) is 5.88 Å². The van der Waals surface area contributed by atoms with Crippen molar-refractivity contribution in [3.63, 3.8) is 0 Å². The molecular weight excluding hydrogens is 565 g/mol. The Morgan fingerprint density at radius 2 is 1.79 bits per heavy atom. The molecule has 3 heterocycles. The summed E-state index contributed by atoms with van der Waals surface area (Å²) in [5.74, 6) is -4.11. The first-order valence-electron chi connectivity index (χ1n) is 13.7. The Bertz CT molecular complexity index is 1430. The highest BCUT2D eigenvalue weighted by Crippen LogP contribution is 2.43. The minimum absolute atomic E-state index is 0.0698. The van der Waals surface area contributed by atoms with Gasteiger partial charge in [0.05, 0.1) is 55.5 Å². The monoisotopic (exact) mass is 595 g/mol. The minimum Gasteiger partial charge on any atom is -0.480 e.